The smallest absolute Gasteiger partial charge is 0.221 e. The molecule has 3 atom stereocenters. The van der Waals surface area contributed by atoms with Gasteiger partial charge in [-0.05, 0) is 49.4 Å². The molecule has 4 rings (SSSR count). The van der Waals surface area contributed by atoms with E-state index in [0.29, 0.717) is 38.0 Å². The normalized spacial score (nSPS) is 24.8. The minimum absolute atomic E-state index is 0.000876. The van der Waals surface area contributed by atoms with E-state index in [-0.39, 0.29) is 36.2 Å². The van der Waals surface area contributed by atoms with Crippen LogP contribution in [0, 0.1) is 17.6 Å². The van der Waals surface area contributed by atoms with E-state index < -0.39 is 32.8 Å². The molecule has 8 heteroatoms. The van der Waals surface area contributed by atoms with E-state index in [2.05, 4.69) is 0 Å². The fourth-order valence-electron chi connectivity index (χ4n) is 4.68. The van der Waals surface area contributed by atoms with Gasteiger partial charge in [-0.15, -0.1) is 0 Å². The van der Waals surface area contributed by atoms with E-state index in [4.69, 9.17) is 4.74 Å². The Kier molecular flexibility index (Phi) is 6.95. The molecule has 0 radical (unpaired) electrons. The zero-order valence-electron chi connectivity index (χ0n) is 18.1. The van der Waals surface area contributed by atoms with E-state index in [1.807, 2.05) is 6.07 Å². The third kappa shape index (κ3) is 4.59. The lowest BCUT2D eigenvalue weighted by Crippen LogP contribution is -2.44. The third-order valence-electron chi connectivity index (χ3n) is 6.67. The molecule has 2 aromatic carbocycles. The number of hydrogen-bond acceptors (Lipinski definition) is 4. The average Bonchev–Trinajstić information content (AvgIpc) is 2.73. The van der Waals surface area contributed by atoms with E-state index in [1.165, 1.54) is 4.31 Å². The summed E-state index contributed by atoms with van der Waals surface area (Å²) in [5.74, 6) is -1.58. The van der Waals surface area contributed by atoms with Crippen LogP contribution in [0.15, 0.2) is 42.5 Å². The van der Waals surface area contributed by atoms with Crippen molar-refractivity contribution in [2.75, 3.05) is 19.8 Å². The molecular formula is C24H29F2NO4S. The molecule has 2 aliphatic rings. The summed E-state index contributed by atoms with van der Waals surface area (Å²) in [5.41, 5.74) is 0.827. The van der Waals surface area contributed by atoms with Crippen LogP contribution in [0.1, 0.15) is 54.0 Å². The summed E-state index contributed by atoms with van der Waals surface area (Å²) in [6.07, 6.45) is 1.64. The molecule has 0 aromatic heterocycles. The quantitative estimate of drug-likeness (QED) is 0.668. The molecule has 2 fully saturated rings. The van der Waals surface area contributed by atoms with Gasteiger partial charge in [-0.2, -0.15) is 4.31 Å². The maximum Gasteiger partial charge on any atom is 0.221 e. The molecule has 0 spiro atoms. The highest BCUT2D eigenvalue weighted by molar-refractivity contribution is 7.89. The van der Waals surface area contributed by atoms with Crippen LogP contribution in [0.3, 0.4) is 0 Å². The fraction of sp³-hybridized carbons (Fsp3) is 0.500. The molecule has 1 unspecified atom stereocenters. The molecule has 0 bridgehead atoms. The van der Waals surface area contributed by atoms with Gasteiger partial charge in [0.2, 0.25) is 10.0 Å². The van der Waals surface area contributed by atoms with Crippen LogP contribution in [0.25, 0.3) is 0 Å². The summed E-state index contributed by atoms with van der Waals surface area (Å²) < 4.78 is 63.1. The van der Waals surface area contributed by atoms with Crippen molar-refractivity contribution >= 4 is 10.0 Å². The van der Waals surface area contributed by atoms with Gasteiger partial charge < -0.3 is 9.84 Å². The van der Waals surface area contributed by atoms with Crippen molar-refractivity contribution in [3.8, 4) is 0 Å². The molecule has 174 valence electrons. The molecule has 2 heterocycles. The zero-order valence-corrected chi connectivity index (χ0v) is 18.9. The number of aliphatic hydroxyl groups excluding tert-OH is 1. The van der Waals surface area contributed by atoms with Gasteiger partial charge >= 0.3 is 0 Å². The van der Waals surface area contributed by atoms with Crippen molar-refractivity contribution < 1.29 is 27.0 Å². The number of nitrogens with zero attached hydrogens (tertiary/aromatic N) is 1. The fourth-order valence-corrected chi connectivity index (χ4v) is 6.87. The highest BCUT2D eigenvalue weighted by Gasteiger charge is 2.40. The van der Waals surface area contributed by atoms with Crippen molar-refractivity contribution in [3.05, 3.63) is 70.8 Å². The van der Waals surface area contributed by atoms with Crippen LogP contribution in [0.4, 0.5) is 8.78 Å². The summed E-state index contributed by atoms with van der Waals surface area (Å²) in [7, 11) is -3.75. The number of sulfonamides is 1. The van der Waals surface area contributed by atoms with Crippen LogP contribution in [0.5, 0.6) is 0 Å². The van der Waals surface area contributed by atoms with Crippen molar-refractivity contribution in [2.45, 2.75) is 49.9 Å². The highest BCUT2D eigenvalue weighted by atomic mass is 32.2. The summed E-state index contributed by atoms with van der Waals surface area (Å²) in [6, 6.07) is 10.9. The van der Waals surface area contributed by atoms with Gasteiger partial charge in [0.05, 0.1) is 19.8 Å². The predicted molar refractivity (Wildman–Crippen MR) is 117 cm³/mol. The SMILES string of the molecule is C[C@H]1CC[C@H](c2ccccc2)S(=O)(=O)N1Cc1cc(F)c(C(CO)CC2COC2)cc1F. The average molecular weight is 466 g/mol. The first kappa shape index (κ1) is 23.3. The Labute approximate surface area is 188 Å². The first-order valence-corrected chi connectivity index (χ1v) is 12.5. The van der Waals surface area contributed by atoms with E-state index in [1.54, 1.807) is 31.2 Å². The Morgan fingerprint density at radius 3 is 2.47 bits per heavy atom. The second kappa shape index (κ2) is 9.55. The largest absolute Gasteiger partial charge is 0.396 e. The summed E-state index contributed by atoms with van der Waals surface area (Å²) in [5, 5.41) is 9.02. The lowest BCUT2D eigenvalue weighted by molar-refractivity contribution is -0.0406. The van der Waals surface area contributed by atoms with Gasteiger partial charge in [-0.25, -0.2) is 17.2 Å². The molecule has 0 aliphatic carbocycles. The maximum absolute atomic E-state index is 15.0. The summed E-state index contributed by atoms with van der Waals surface area (Å²) >= 11 is 0. The van der Waals surface area contributed by atoms with Gasteiger partial charge in [0.1, 0.15) is 16.9 Å². The van der Waals surface area contributed by atoms with E-state index in [9.17, 15) is 17.9 Å². The molecule has 0 saturated carbocycles. The Morgan fingerprint density at radius 1 is 1.12 bits per heavy atom. The maximum atomic E-state index is 15.0. The van der Waals surface area contributed by atoms with Gasteiger partial charge in [0, 0.05) is 30.0 Å². The summed E-state index contributed by atoms with van der Waals surface area (Å²) in [6.45, 7) is 2.40. The number of aliphatic hydroxyl groups is 1. The number of halogens is 2. The highest BCUT2D eigenvalue weighted by Crippen LogP contribution is 2.38. The lowest BCUT2D eigenvalue weighted by Gasteiger charge is -2.37. The molecule has 2 aromatic rings. The Morgan fingerprint density at radius 2 is 1.84 bits per heavy atom. The molecular weight excluding hydrogens is 436 g/mol. The van der Waals surface area contributed by atoms with Gasteiger partial charge in [-0.3, -0.25) is 0 Å². The topological polar surface area (TPSA) is 66.8 Å². The van der Waals surface area contributed by atoms with Crippen molar-refractivity contribution in [2.24, 2.45) is 5.92 Å². The Bertz CT molecular complexity index is 1040. The van der Waals surface area contributed by atoms with Gasteiger partial charge in [0.15, 0.2) is 0 Å². The number of ether oxygens (including phenoxy) is 1. The monoisotopic (exact) mass is 465 g/mol. The first-order chi connectivity index (χ1) is 15.3. The van der Waals surface area contributed by atoms with Crippen LogP contribution in [0.2, 0.25) is 0 Å². The Balaban J connectivity index is 1.59. The molecule has 1 N–H and O–H groups in total. The molecule has 2 saturated heterocycles. The van der Waals surface area contributed by atoms with Crippen LogP contribution < -0.4 is 0 Å². The standard InChI is InChI=1S/C24H29F2NO4S/c1-16-7-8-24(18-5-3-2-4-6-18)32(29,30)27(16)12-19-10-23(26)21(11-22(19)25)20(13-28)9-17-14-31-15-17/h2-6,10-11,16-17,20,24,28H,7-9,12-15H2,1H3/t16-,20?,24+/m0/s1. The van der Waals surface area contributed by atoms with Crippen LogP contribution >= 0.6 is 0 Å². The molecule has 2 aliphatic heterocycles. The van der Waals surface area contributed by atoms with E-state index >= 15 is 4.39 Å². The molecule has 0 amide bonds. The third-order valence-corrected chi connectivity index (χ3v) is 9.04. The van der Waals surface area contributed by atoms with Crippen molar-refractivity contribution in [3.63, 3.8) is 0 Å². The van der Waals surface area contributed by atoms with Crippen molar-refractivity contribution in [1.82, 2.24) is 4.31 Å². The van der Waals surface area contributed by atoms with Gasteiger partial charge in [-0.1, -0.05) is 30.3 Å². The second-order valence-corrected chi connectivity index (χ2v) is 11.0. The number of hydrogen-bond donors (Lipinski definition) is 1. The Hall–Kier alpha value is -1.87. The number of rotatable bonds is 7. The van der Waals surface area contributed by atoms with E-state index in [0.717, 1.165) is 12.1 Å². The first-order valence-electron chi connectivity index (χ1n) is 11.0. The molecule has 5 nitrogen and oxygen atoms in total. The minimum atomic E-state index is -3.75. The minimum Gasteiger partial charge on any atom is -0.396 e. The van der Waals surface area contributed by atoms with Gasteiger partial charge in [0.25, 0.3) is 0 Å². The summed E-state index contributed by atoms with van der Waals surface area (Å²) in [4.78, 5) is 0. The van der Waals surface area contributed by atoms with Crippen LogP contribution in [-0.4, -0.2) is 43.7 Å². The second-order valence-electron chi connectivity index (χ2n) is 8.90. The number of benzene rings is 2. The van der Waals surface area contributed by atoms with Crippen LogP contribution in [-0.2, 0) is 21.3 Å². The zero-order chi connectivity index (χ0) is 22.9. The van der Waals surface area contributed by atoms with Crippen molar-refractivity contribution in [1.29, 1.82) is 0 Å². The predicted octanol–water partition coefficient (Wildman–Crippen LogP) is 4.13. The lowest BCUT2D eigenvalue weighted by atomic mass is 9.87. The molecule has 32 heavy (non-hydrogen) atoms.